The summed E-state index contributed by atoms with van der Waals surface area (Å²) < 4.78 is 5.24. The zero-order valence-electron chi connectivity index (χ0n) is 13.9. The maximum absolute atomic E-state index is 11.7. The molecular weight excluding hydrogens is 413 g/mol. The van der Waals surface area contributed by atoms with E-state index in [9.17, 15) is 4.79 Å². The van der Waals surface area contributed by atoms with E-state index in [1.807, 2.05) is 27.7 Å². The van der Waals surface area contributed by atoms with Crippen molar-refractivity contribution in [2.24, 2.45) is 4.99 Å². The molecule has 0 atom stereocenters. The number of rotatable bonds is 5. The Bertz CT molecular complexity index is 495. The van der Waals surface area contributed by atoms with Crippen LogP contribution in [0.5, 0.6) is 0 Å². The molecular formula is C15H26IN3O2S. The van der Waals surface area contributed by atoms with Crippen molar-refractivity contribution in [2.45, 2.75) is 46.8 Å². The van der Waals surface area contributed by atoms with E-state index in [1.54, 1.807) is 11.3 Å². The van der Waals surface area contributed by atoms with Gasteiger partial charge in [0.2, 0.25) is 0 Å². The van der Waals surface area contributed by atoms with Crippen LogP contribution >= 0.6 is 35.3 Å². The van der Waals surface area contributed by atoms with Gasteiger partial charge in [-0.1, -0.05) is 0 Å². The van der Waals surface area contributed by atoms with E-state index in [1.165, 1.54) is 10.4 Å². The van der Waals surface area contributed by atoms with E-state index >= 15 is 0 Å². The molecule has 0 aliphatic carbocycles. The third kappa shape index (κ3) is 8.57. The van der Waals surface area contributed by atoms with Crippen LogP contribution in [-0.4, -0.2) is 30.6 Å². The van der Waals surface area contributed by atoms with E-state index in [4.69, 9.17) is 4.74 Å². The fourth-order valence-corrected chi connectivity index (χ4v) is 2.45. The van der Waals surface area contributed by atoms with Crippen molar-refractivity contribution in [3.05, 3.63) is 21.9 Å². The molecule has 0 radical (unpaired) electrons. The Balaban J connectivity index is 0.00000441. The third-order valence-electron chi connectivity index (χ3n) is 2.52. The summed E-state index contributed by atoms with van der Waals surface area (Å²) in [5.41, 5.74) is 0.780. The van der Waals surface area contributed by atoms with Gasteiger partial charge >= 0.3 is 5.97 Å². The van der Waals surface area contributed by atoms with Crippen molar-refractivity contribution >= 4 is 47.2 Å². The molecule has 0 spiro atoms. The predicted molar refractivity (Wildman–Crippen MR) is 103 cm³/mol. The zero-order chi connectivity index (χ0) is 15.9. The van der Waals surface area contributed by atoms with Gasteiger partial charge in [0.1, 0.15) is 12.1 Å². The fraction of sp³-hybridized carbons (Fsp3) is 0.600. The highest BCUT2D eigenvalue weighted by Gasteiger charge is 2.15. The molecule has 0 aliphatic heterocycles. The second-order valence-electron chi connectivity index (χ2n) is 5.66. The van der Waals surface area contributed by atoms with Crippen molar-refractivity contribution in [3.8, 4) is 0 Å². The van der Waals surface area contributed by atoms with Crippen molar-refractivity contribution < 1.29 is 9.53 Å². The molecule has 2 N–H and O–H groups in total. The number of esters is 1. The summed E-state index contributed by atoms with van der Waals surface area (Å²) in [5, 5.41) is 8.41. The minimum atomic E-state index is -0.480. The molecule has 1 aromatic heterocycles. The standard InChI is InChI=1S/C15H25N3O2S.HI/c1-6-16-14(17-9-12-11(2)7-8-21-12)18-10-13(19)20-15(3,4)5;/h7-8H,6,9-10H2,1-5H3,(H2,16,17,18);1H. The van der Waals surface area contributed by atoms with Crippen LogP contribution in [0.1, 0.15) is 38.1 Å². The summed E-state index contributed by atoms with van der Waals surface area (Å²) in [7, 11) is 0. The highest BCUT2D eigenvalue weighted by atomic mass is 127. The van der Waals surface area contributed by atoms with Crippen LogP contribution in [0.3, 0.4) is 0 Å². The molecule has 1 heterocycles. The summed E-state index contributed by atoms with van der Waals surface area (Å²) in [6.07, 6.45) is 0. The Labute approximate surface area is 154 Å². The first-order valence-electron chi connectivity index (χ1n) is 7.09. The molecule has 0 aliphatic rings. The maximum atomic E-state index is 11.7. The van der Waals surface area contributed by atoms with Crippen LogP contribution in [0.25, 0.3) is 0 Å². The first kappa shape index (κ1) is 21.2. The van der Waals surface area contributed by atoms with Gasteiger partial charge in [0.05, 0.1) is 6.54 Å². The number of carbonyl (C=O) groups is 1. The largest absolute Gasteiger partial charge is 0.459 e. The minimum Gasteiger partial charge on any atom is -0.459 e. The number of halogens is 1. The second kappa shape index (κ2) is 10.0. The van der Waals surface area contributed by atoms with E-state index in [0.717, 1.165) is 6.54 Å². The molecule has 0 aromatic carbocycles. The molecule has 0 saturated carbocycles. The summed E-state index contributed by atoms with van der Waals surface area (Å²) >= 11 is 1.70. The topological polar surface area (TPSA) is 62.7 Å². The summed E-state index contributed by atoms with van der Waals surface area (Å²) in [6, 6.07) is 2.09. The highest BCUT2D eigenvalue weighted by Crippen LogP contribution is 2.14. The number of aliphatic imine (C=N–C) groups is 1. The van der Waals surface area contributed by atoms with Gasteiger partial charge in [0.25, 0.3) is 0 Å². The molecule has 1 aromatic rings. The van der Waals surface area contributed by atoms with Gasteiger partial charge in [-0.2, -0.15) is 0 Å². The molecule has 0 saturated heterocycles. The molecule has 0 amide bonds. The molecule has 5 nitrogen and oxygen atoms in total. The Morgan fingerprint density at radius 2 is 2.05 bits per heavy atom. The third-order valence-corrected chi connectivity index (χ3v) is 3.54. The molecule has 0 bridgehead atoms. The van der Waals surface area contributed by atoms with Crippen molar-refractivity contribution in [1.82, 2.24) is 10.6 Å². The average molecular weight is 439 g/mol. The Kier molecular flexibility index (Phi) is 9.66. The SMILES string of the molecule is CCNC(=NCC(=O)OC(C)(C)C)NCc1sccc1C.I. The number of hydrogen-bond acceptors (Lipinski definition) is 4. The number of carbonyl (C=O) groups excluding carboxylic acids is 1. The van der Waals surface area contributed by atoms with Gasteiger partial charge in [-0.15, -0.1) is 35.3 Å². The first-order valence-corrected chi connectivity index (χ1v) is 7.97. The second-order valence-corrected chi connectivity index (χ2v) is 6.66. The van der Waals surface area contributed by atoms with E-state index in [0.29, 0.717) is 12.5 Å². The number of nitrogens with zero attached hydrogens (tertiary/aromatic N) is 1. The summed E-state index contributed by atoms with van der Waals surface area (Å²) in [6.45, 7) is 11.1. The predicted octanol–water partition coefficient (Wildman–Crippen LogP) is 3.07. The highest BCUT2D eigenvalue weighted by molar-refractivity contribution is 14.0. The first-order chi connectivity index (χ1) is 9.81. The van der Waals surface area contributed by atoms with Gasteiger partial charge in [0.15, 0.2) is 5.96 Å². The molecule has 22 heavy (non-hydrogen) atoms. The van der Waals surface area contributed by atoms with Gasteiger partial charge in [-0.05, 0) is 51.6 Å². The monoisotopic (exact) mass is 439 g/mol. The van der Waals surface area contributed by atoms with Crippen molar-refractivity contribution in [3.63, 3.8) is 0 Å². The van der Waals surface area contributed by atoms with Gasteiger partial charge in [-0.25, -0.2) is 4.99 Å². The molecule has 0 fully saturated rings. The lowest BCUT2D eigenvalue weighted by atomic mass is 10.2. The van der Waals surface area contributed by atoms with Gasteiger partial charge in [-0.3, -0.25) is 4.79 Å². The summed E-state index contributed by atoms with van der Waals surface area (Å²) in [4.78, 5) is 17.2. The minimum absolute atomic E-state index is 0. The Hall–Kier alpha value is -0.830. The lowest BCUT2D eigenvalue weighted by Crippen LogP contribution is -2.37. The number of aryl methyl sites for hydroxylation is 1. The molecule has 1 rings (SSSR count). The Morgan fingerprint density at radius 3 is 2.55 bits per heavy atom. The van der Waals surface area contributed by atoms with Gasteiger partial charge < -0.3 is 15.4 Å². The number of ether oxygens (including phenoxy) is 1. The average Bonchev–Trinajstić information content (AvgIpc) is 2.76. The lowest BCUT2D eigenvalue weighted by molar-refractivity contribution is -0.152. The fourth-order valence-electron chi connectivity index (χ4n) is 1.61. The van der Waals surface area contributed by atoms with E-state index < -0.39 is 5.60 Å². The van der Waals surface area contributed by atoms with E-state index in [2.05, 4.69) is 34.0 Å². The van der Waals surface area contributed by atoms with Crippen molar-refractivity contribution in [1.29, 1.82) is 0 Å². The molecule has 7 heteroatoms. The van der Waals surface area contributed by atoms with E-state index in [-0.39, 0.29) is 36.5 Å². The number of guanidine groups is 1. The lowest BCUT2D eigenvalue weighted by Gasteiger charge is -2.19. The van der Waals surface area contributed by atoms with Crippen LogP contribution in [0.2, 0.25) is 0 Å². The number of nitrogens with one attached hydrogen (secondary N) is 2. The maximum Gasteiger partial charge on any atom is 0.328 e. The number of hydrogen-bond donors (Lipinski definition) is 2. The van der Waals surface area contributed by atoms with Crippen LogP contribution in [0.15, 0.2) is 16.4 Å². The van der Waals surface area contributed by atoms with Gasteiger partial charge in [0, 0.05) is 11.4 Å². The van der Waals surface area contributed by atoms with Crippen molar-refractivity contribution in [2.75, 3.05) is 13.1 Å². The Morgan fingerprint density at radius 1 is 1.36 bits per heavy atom. The molecule has 0 unspecified atom stereocenters. The zero-order valence-corrected chi connectivity index (χ0v) is 17.0. The molecule has 126 valence electrons. The normalized spacial score (nSPS) is 11.6. The quantitative estimate of drug-likeness (QED) is 0.321. The smallest absolute Gasteiger partial charge is 0.328 e. The van der Waals surface area contributed by atoms with Crippen LogP contribution < -0.4 is 10.6 Å². The summed E-state index contributed by atoms with van der Waals surface area (Å²) in [5.74, 6) is 0.295. The van der Waals surface area contributed by atoms with Crippen LogP contribution in [-0.2, 0) is 16.1 Å². The number of thiophene rings is 1. The van der Waals surface area contributed by atoms with Crippen LogP contribution in [0.4, 0.5) is 0 Å². The van der Waals surface area contributed by atoms with Crippen LogP contribution in [0, 0.1) is 6.92 Å².